The summed E-state index contributed by atoms with van der Waals surface area (Å²) >= 11 is 0. The third-order valence-electron chi connectivity index (χ3n) is 3.61. The van der Waals surface area contributed by atoms with Gasteiger partial charge in [-0.1, -0.05) is 18.5 Å². The fourth-order valence-electron chi connectivity index (χ4n) is 2.18. The topological polar surface area (TPSA) is 103 Å². The van der Waals surface area contributed by atoms with Crippen LogP contribution < -0.4 is 16.4 Å². The Kier molecular flexibility index (Phi) is 5.88. The van der Waals surface area contributed by atoms with Crippen LogP contribution >= 0.6 is 0 Å². The Labute approximate surface area is 114 Å². The van der Waals surface area contributed by atoms with Crippen molar-refractivity contribution in [1.29, 1.82) is 0 Å². The van der Waals surface area contributed by atoms with Crippen LogP contribution in [0.1, 0.15) is 32.6 Å². The van der Waals surface area contributed by atoms with E-state index in [2.05, 4.69) is 27.6 Å². The minimum absolute atomic E-state index is 0.0752. The third-order valence-corrected chi connectivity index (χ3v) is 3.61. The van der Waals surface area contributed by atoms with E-state index in [9.17, 15) is 4.79 Å². The molecule has 19 heavy (non-hydrogen) atoms. The Balaban J connectivity index is 2.63. The second-order valence-electron chi connectivity index (χ2n) is 5.11. The molecule has 1 aliphatic rings. The summed E-state index contributed by atoms with van der Waals surface area (Å²) in [4.78, 5) is 14.0. The van der Waals surface area contributed by atoms with Gasteiger partial charge in [-0.2, -0.15) is 0 Å². The molecule has 0 atom stereocenters. The molecule has 0 aromatic rings. The van der Waals surface area contributed by atoms with Gasteiger partial charge in [-0.15, -0.1) is 0 Å². The highest BCUT2D eigenvalue weighted by Gasteiger charge is 2.39. The number of carbonyl (C=O) groups is 1. The maximum Gasteiger partial charge on any atom is 0.315 e. The number of nitrogens with one attached hydrogen (secondary N) is 2. The number of hydrogen-bond acceptors (Lipinski definition) is 4. The monoisotopic (exact) mass is 271 g/mol. The summed E-state index contributed by atoms with van der Waals surface area (Å²) in [6, 6.07) is -0.260. The van der Waals surface area contributed by atoms with Crippen LogP contribution in [-0.4, -0.2) is 54.2 Å². The van der Waals surface area contributed by atoms with Crippen molar-refractivity contribution in [3.05, 3.63) is 0 Å². The number of rotatable bonds is 5. The Morgan fingerprint density at radius 3 is 2.63 bits per heavy atom. The maximum atomic E-state index is 11.9. The molecule has 0 aliphatic carbocycles. The van der Waals surface area contributed by atoms with Gasteiger partial charge in [0.2, 0.25) is 0 Å². The Bertz CT molecular complexity index is 324. The Morgan fingerprint density at radius 1 is 1.47 bits per heavy atom. The van der Waals surface area contributed by atoms with Crippen LogP contribution in [0.4, 0.5) is 4.79 Å². The molecule has 7 nitrogen and oxygen atoms in total. The molecular weight excluding hydrogens is 246 g/mol. The molecular formula is C12H25N5O2. The zero-order valence-electron chi connectivity index (χ0n) is 11.8. The number of piperidine rings is 1. The average molecular weight is 271 g/mol. The van der Waals surface area contributed by atoms with E-state index in [1.807, 2.05) is 7.05 Å². The fraction of sp³-hybridized carbons (Fsp3) is 0.833. The molecule has 0 bridgehead atoms. The lowest BCUT2D eigenvalue weighted by Gasteiger charge is -2.40. The zero-order chi connectivity index (χ0) is 14.3. The van der Waals surface area contributed by atoms with E-state index >= 15 is 0 Å². The highest BCUT2D eigenvalue weighted by Crippen LogP contribution is 2.21. The Hall–Kier alpha value is -1.50. The van der Waals surface area contributed by atoms with Crippen LogP contribution in [0.5, 0.6) is 0 Å². The molecule has 1 heterocycles. The molecule has 7 heteroatoms. The molecule has 0 aromatic heterocycles. The van der Waals surface area contributed by atoms with E-state index < -0.39 is 5.54 Å². The highest BCUT2D eigenvalue weighted by atomic mass is 16.4. The van der Waals surface area contributed by atoms with Gasteiger partial charge in [-0.25, -0.2) is 4.79 Å². The van der Waals surface area contributed by atoms with Crippen LogP contribution in [-0.2, 0) is 0 Å². The van der Waals surface area contributed by atoms with Crippen molar-refractivity contribution in [2.24, 2.45) is 10.9 Å². The van der Waals surface area contributed by atoms with Crippen molar-refractivity contribution in [2.75, 3.05) is 26.7 Å². The summed E-state index contributed by atoms with van der Waals surface area (Å²) in [5.41, 5.74) is 5.03. The molecule has 0 unspecified atom stereocenters. The number of amides is 2. The second-order valence-corrected chi connectivity index (χ2v) is 5.11. The highest BCUT2D eigenvalue weighted by molar-refractivity contribution is 5.93. The lowest BCUT2D eigenvalue weighted by atomic mass is 9.86. The standard InChI is InChI=1S/C12H25N5O2/c1-3-4-7-14-11(18)15-12(10(13)16-19)5-8-17(2)9-6-12/h19H,3-9H2,1-2H3,(H2,13,16)(H2,14,15,18). The molecule has 1 saturated heterocycles. The molecule has 0 radical (unpaired) electrons. The number of nitrogens with zero attached hydrogens (tertiary/aromatic N) is 2. The smallest absolute Gasteiger partial charge is 0.315 e. The van der Waals surface area contributed by atoms with Crippen molar-refractivity contribution < 1.29 is 10.0 Å². The van der Waals surface area contributed by atoms with Gasteiger partial charge >= 0.3 is 6.03 Å². The minimum atomic E-state index is -0.739. The molecule has 0 spiro atoms. The van der Waals surface area contributed by atoms with Crippen molar-refractivity contribution in [2.45, 2.75) is 38.1 Å². The van der Waals surface area contributed by atoms with E-state index in [4.69, 9.17) is 10.9 Å². The molecule has 0 aromatic carbocycles. The van der Waals surface area contributed by atoms with Crippen LogP contribution in [0.3, 0.4) is 0 Å². The fourth-order valence-corrected chi connectivity index (χ4v) is 2.18. The SMILES string of the molecule is CCCCNC(=O)NC1(/C(N)=N/O)CCN(C)CC1. The van der Waals surface area contributed by atoms with E-state index in [1.165, 1.54) is 0 Å². The quantitative estimate of drug-likeness (QED) is 0.190. The predicted octanol–water partition coefficient (Wildman–Crippen LogP) is 0.297. The first-order valence-corrected chi connectivity index (χ1v) is 6.76. The zero-order valence-corrected chi connectivity index (χ0v) is 11.8. The largest absolute Gasteiger partial charge is 0.409 e. The molecule has 1 fully saturated rings. The van der Waals surface area contributed by atoms with Crippen molar-refractivity contribution in [1.82, 2.24) is 15.5 Å². The maximum absolute atomic E-state index is 11.9. The summed E-state index contributed by atoms with van der Waals surface area (Å²) in [6.45, 7) is 4.29. The van der Waals surface area contributed by atoms with Gasteiger partial charge in [0.25, 0.3) is 0 Å². The average Bonchev–Trinajstić information content (AvgIpc) is 2.41. The predicted molar refractivity (Wildman–Crippen MR) is 74.3 cm³/mol. The Morgan fingerprint density at radius 2 is 2.11 bits per heavy atom. The van der Waals surface area contributed by atoms with E-state index in [0.29, 0.717) is 19.4 Å². The number of oxime groups is 1. The van der Waals surface area contributed by atoms with Crippen LogP contribution in [0.25, 0.3) is 0 Å². The normalized spacial score (nSPS) is 20.0. The van der Waals surface area contributed by atoms with Crippen LogP contribution in [0.2, 0.25) is 0 Å². The lowest BCUT2D eigenvalue weighted by molar-refractivity contribution is 0.189. The van der Waals surface area contributed by atoms with Gasteiger partial charge in [0, 0.05) is 19.6 Å². The molecule has 110 valence electrons. The molecule has 0 saturated carbocycles. The van der Waals surface area contributed by atoms with Crippen LogP contribution in [0.15, 0.2) is 5.16 Å². The number of carbonyl (C=O) groups excluding carboxylic acids is 1. The second kappa shape index (κ2) is 7.18. The first-order chi connectivity index (χ1) is 9.04. The summed E-state index contributed by atoms with van der Waals surface area (Å²) in [6.07, 6.45) is 3.24. The van der Waals surface area contributed by atoms with Gasteiger partial charge in [0.05, 0.1) is 0 Å². The summed E-state index contributed by atoms with van der Waals surface area (Å²) in [5.74, 6) is 0.0752. The molecule has 1 rings (SSSR count). The minimum Gasteiger partial charge on any atom is -0.409 e. The number of urea groups is 1. The van der Waals surface area contributed by atoms with Gasteiger partial charge in [-0.3, -0.25) is 0 Å². The van der Waals surface area contributed by atoms with Gasteiger partial charge in [0.1, 0.15) is 5.54 Å². The van der Waals surface area contributed by atoms with Gasteiger partial charge in [0.15, 0.2) is 5.84 Å². The van der Waals surface area contributed by atoms with Crippen molar-refractivity contribution in [3.63, 3.8) is 0 Å². The number of unbranched alkanes of at least 4 members (excludes halogenated alkanes) is 1. The molecule has 5 N–H and O–H groups in total. The lowest BCUT2D eigenvalue weighted by Crippen LogP contribution is -2.63. The first kappa shape index (κ1) is 15.6. The van der Waals surface area contributed by atoms with Gasteiger partial charge in [-0.05, 0) is 26.3 Å². The molecule has 2 amide bonds. The summed E-state index contributed by atoms with van der Waals surface area (Å²) < 4.78 is 0. The van der Waals surface area contributed by atoms with E-state index in [-0.39, 0.29) is 11.9 Å². The van der Waals surface area contributed by atoms with Crippen LogP contribution in [0, 0.1) is 0 Å². The number of nitrogens with two attached hydrogens (primary N) is 1. The van der Waals surface area contributed by atoms with Crippen molar-refractivity contribution >= 4 is 11.9 Å². The number of amidine groups is 1. The first-order valence-electron chi connectivity index (χ1n) is 6.76. The van der Waals surface area contributed by atoms with E-state index in [0.717, 1.165) is 25.9 Å². The van der Waals surface area contributed by atoms with Gasteiger partial charge < -0.3 is 26.5 Å². The molecule has 1 aliphatic heterocycles. The summed E-state index contributed by atoms with van der Waals surface area (Å²) in [5, 5.41) is 17.7. The third kappa shape index (κ3) is 4.27. The number of hydrogen-bond donors (Lipinski definition) is 4. The van der Waals surface area contributed by atoms with E-state index in [1.54, 1.807) is 0 Å². The number of likely N-dealkylation sites (tertiary alicyclic amines) is 1. The van der Waals surface area contributed by atoms with Crippen molar-refractivity contribution in [3.8, 4) is 0 Å². The summed E-state index contributed by atoms with van der Waals surface area (Å²) in [7, 11) is 2.01.